The standard InChI is InChI=1S/C26H24N8O2/c1-14-27-11-17(12-28-14)22-32-21-20(29-13-30-23(21)33(22)2)16-6-7-19-18(10-16)26(25(36)31-19)8-3-9-34(26)24(35)15-4-5-15/h6-7,10-13,15H,3-5,8-9H2,1-2H3,(H,31,36)/t26-/m0/s1. The van der Waals surface area contributed by atoms with Crippen molar-refractivity contribution in [2.75, 3.05) is 11.9 Å². The first-order valence-electron chi connectivity index (χ1n) is 12.2. The van der Waals surface area contributed by atoms with Crippen LogP contribution in [-0.2, 0) is 22.2 Å². The Kier molecular flexibility index (Phi) is 4.33. The quantitative estimate of drug-likeness (QED) is 0.479. The molecule has 1 saturated carbocycles. The molecule has 0 bridgehead atoms. The first-order valence-corrected chi connectivity index (χ1v) is 12.2. The number of carbonyl (C=O) groups excluding carboxylic acids is 2. The van der Waals surface area contributed by atoms with Crippen molar-refractivity contribution in [3.8, 4) is 22.6 Å². The number of nitrogens with zero attached hydrogens (tertiary/aromatic N) is 7. The smallest absolute Gasteiger partial charge is 0.255 e. The fourth-order valence-corrected chi connectivity index (χ4v) is 5.65. The average Bonchev–Trinajstić information content (AvgIpc) is 3.47. The summed E-state index contributed by atoms with van der Waals surface area (Å²) in [5, 5.41) is 3.03. The van der Waals surface area contributed by atoms with Crippen molar-refractivity contribution >= 4 is 28.7 Å². The Morgan fingerprint density at radius 1 is 1.11 bits per heavy atom. The van der Waals surface area contributed by atoms with Crippen molar-refractivity contribution in [2.24, 2.45) is 13.0 Å². The highest BCUT2D eigenvalue weighted by Gasteiger charge is 2.57. The third kappa shape index (κ3) is 2.87. The Morgan fingerprint density at radius 3 is 2.69 bits per heavy atom. The molecule has 1 atom stereocenters. The molecule has 36 heavy (non-hydrogen) atoms. The van der Waals surface area contributed by atoms with Crippen molar-refractivity contribution in [1.29, 1.82) is 0 Å². The minimum Gasteiger partial charge on any atom is -0.324 e. The molecule has 2 fully saturated rings. The van der Waals surface area contributed by atoms with Crippen molar-refractivity contribution in [1.82, 2.24) is 34.4 Å². The van der Waals surface area contributed by atoms with Crippen LogP contribution in [0.15, 0.2) is 36.9 Å². The predicted octanol–water partition coefficient (Wildman–Crippen LogP) is 2.98. The molecule has 0 radical (unpaired) electrons. The molecular weight excluding hydrogens is 456 g/mol. The van der Waals surface area contributed by atoms with Gasteiger partial charge in [-0.25, -0.2) is 24.9 Å². The van der Waals surface area contributed by atoms with Gasteiger partial charge in [-0.3, -0.25) is 9.59 Å². The molecule has 3 aromatic heterocycles. The van der Waals surface area contributed by atoms with Crippen molar-refractivity contribution in [3.05, 3.63) is 48.3 Å². The fraction of sp³-hybridized carbons (Fsp3) is 0.346. The van der Waals surface area contributed by atoms with Crippen LogP contribution in [0.25, 0.3) is 33.8 Å². The lowest BCUT2D eigenvalue weighted by molar-refractivity contribution is -0.143. The van der Waals surface area contributed by atoms with Gasteiger partial charge in [0.25, 0.3) is 5.91 Å². The lowest BCUT2D eigenvalue weighted by Crippen LogP contribution is -2.50. The second kappa shape index (κ2) is 7.39. The van der Waals surface area contributed by atoms with Gasteiger partial charge in [-0.2, -0.15) is 0 Å². The minimum atomic E-state index is -0.953. The Bertz CT molecular complexity index is 1570. The Balaban J connectivity index is 1.37. The second-order valence-electron chi connectivity index (χ2n) is 9.85. The molecule has 1 N–H and O–H groups in total. The van der Waals surface area contributed by atoms with E-state index in [9.17, 15) is 9.59 Å². The highest BCUT2D eigenvalue weighted by atomic mass is 16.2. The van der Waals surface area contributed by atoms with Gasteiger partial charge in [0.15, 0.2) is 5.65 Å². The summed E-state index contributed by atoms with van der Waals surface area (Å²) in [4.78, 5) is 50.9. The van der Waals surface area contributed by atoms with Crippen LogP contribution in [0.2, 0.25) is 0 Å². The number of hydrogen-bond acceptors (Lipinski definition) is 7. The summed E-state index contributed by atoms with van der Waals surface area (Å²) >= 11 is 0. The predicted molar refractivity (Wildman–Crippen MR) is 131 cm³/mol. The SMILES string of the molecule is Cc1ncc(-c2nc3c(-c4ccc5c(c4)[C@@]4(CCCN4C(=O)C4CC4)C(=O)N5)ncnc3n2C)cn1. The zero-order chi connectivity index (χ0) is 24.6. The van der Waals surface area contributed by atoms with Crippen molar-refractivity contribution < 1.29 is 9.59 Å². The van der Waals surface area contributed by atoms with Crippen molar-refractivity contribution in [2.45, 2.75) is 38.1 Å². The first-order chi connectivity index (χ1) is 17.5. The molecule has 10 nitrogen and oxygen atoms in total. The van der Waals surface area contributed by atoms with Crippen LogP contribution in [0.5, 0.6) is 0 Å². The molecular formula is C26H24N8O2. The van der Waals surface area contributed by atoms with E-state index in [-0.39, 0.29) is 17.7 Å². The summed E-state index contributed by atoms with van der Waals surface area (Å²) in [7, 11) is 1.90. The van der Waals surface area contributed by atoms with Gasteiger partial charge in [-0.15, -0.1) is 0 Å². The molecule has 180 valence electrons. The fourth-order valence-electron chi connectivity index (χ4n) is 5.65. The molecule has 2 aliphatic heterocycles. The Morgan fingerprint density at radius 2 is 1.92 bits per heavy atom. The number of hydrogen-bond donors (Lipinski definition) is 1. The molecule has 2 amide bonds. The number of anilines is 1. The number of nitrogens with one attached hydrogen (secondary N) is 1. The Labute approximate surface area is 206 Å². The van der Waals surface area contributed by atoms with E-state index in [1.807, 2.05) is 41.6 Å². The number of imidazole rings is 1. The number of carbonyl (C=O) groups is 2. The van der Waals surface area contributed by atoms with E-state index in [0.717, 1.165) is 41.6 Å². The molecule has 3 aliphatic rings. The van der Waals surface area contributed by atoms with Crippen LogP contribution in [0.4, 0.5) is 5.69 Å². The zero-order valence-electron chi connectivity index (χ0n) is 20.0. The van der Waals surface area contributed by atoms with E-state index in [2.05, 4.69) is 25.3 Å². The number of benzene rings is 1. The van der Waals surface area contributed by atoms with Crippen LogP contribution >= 0.6 is 0 Å². The van der Waals surface area contributed by atoms with E-state index in [1.165, 1.54) is 6.33 Å². The lowest BCUT2D eigenvalue weighted by atomic mass is 9.86. The molecule has 4 aromatic rings. The number of likely N-dealkylation sites (tertiary alicyclic amines) is 1. The molecule has 1 aliphatic carbocycles. The van der Waals surface area contributed by atoms with E-state index in [1.54, 1.807) is 12.4 Å². The third-order valence-corrected chi connectivity index (χ3v) is 7.63. The number of amides is 2. The molecule has 5 heterocycles. The molecule has 7 rings (SSSR count). The lowest BCUT2D eigenvalue weighted by Gasteiger charge is -2.33. The maximum atomic E-state index is 13.3. The number of fused-ring (bicyclic) bond motifs is 3. The monoisotopic (exact) mass is 480 g/mol. The molecule has 10 heteroatoms. The maximum absolute atomic E-state index is 13.3. The van der Waals surface area contributed by atoms with Crippen LogP contribution < -0.4 is 5.32 Å². The zero-order valence-corrected chi connectivity index (χ0v) is 20.0. The second-order valence-corrected chi connectivity index (χ2v) is 9.85. The normalized spacial score (nSPS) is 20.8. The average molecular weight is 481 g/mol. The van der Waals surface area contributed by atoms with Gasteiger partial charge in [0, 0.05) is 48.7 Å². The van der Waals surface area contributed by atoms with Gasteiger partial charge < -0.3 is 14.8 Å². The molecule has 0 unspecified atom stereocenters. The van der Waals surface area contributed by atoms with Gasteiger partial charge in [0.2, 0.25) is 5.91 Å². The van der Waals surface area contributed by atoms with E-state index in [4.69, 9.17) is 4.98 Å². The first kappa shape index (κ1) is 21.1. The third-order valence-electron chi connectivity index (χ3n) is 7.63. The summed E-state index contributed by atoms with van der Waals surface area (Å²) in [6.45, 7) is 2.44. The number of aromatic nitrogens is 6. The van der Waals surface area contributed by atoms with E-state index < -0.39 is 5.54 Å². The van der Waals surface area contributed by atoms with E-state index >= 15 is 0 Å². The molecule has 1 aromatic carbocycles. The number of aryl methyl sites for hydroxylation is 2. The summed E-state index contributed by atoms with van der Waals surface area (Å²) in [5.41, 5.74) is 4.26. The molecule has 1 saturated heterocycles. The summed E-state index contributed by atoms with van der Waals surface area (Å²) in [6, 6.07) is 5.84. The van der Waals surface area contributed by atoms with Crippen LogP contribution in [0.3, 0.4) is 0 Å². The number of rotatable bonds is 3. The van der Waals surface area contributed by atoms with E-state index in [0.29, 0.717) is 41.5 Å². The Hall–Kier alpha value is -4.21. The molecule has 1 spiro atoms. The summed E-state index contributed by atoms with van der Waals surface area (Å²) < 4.78 is 1.90. The summed E-state index contributed by atoms with van der Waals surface area (Å²) in [6.07, 6.45) is 8.26. The largest absolute Gasteiger partial charge is 0.324 e. The van der Waals surface area contributed by atoms with Crippen LogP contribution in [0.1, 0.15) is 37.1 Å². The van der Waals surface area contributed by atoms with Crippen molar-refractivity contribution in [3.63, 3.8) is 0 Å². The van der Waals surface area contributed by atoms with Gasteiger partial charge >= 0.3 is 0 Å². The highest BCUT2D eigenvalue weighted by molar-refractivity contribution is 6.09. The van der Waals surface area contributed by atoms with Gasteiger partial charge in [-0.05, 0) is 44.7 Å². The minimum absolute atomic E-state index is 0.0548. The van der Waals surface area contributed by atoms with Crippen LogP contribution in [0, 0.1) is 12.8 Å². The summed E-state index contributed by atoms with van der Waals surface area (Å²) in [5.74, 6) is 1.42. The van der Waals surface area contributed by atoms with Gasteiger partial charge in [0.05, 0.1) is 5.56 Å². The van der Waals surface area contributed by atoms with Gasteiger partial charge in [-0.1, -0.05) is 6.07 Å². The topological polar surface area (TPSA) is 119 Å². The van der Waals surface area contributed by atoms with Crippen LogP contribution in [-0.4, -0.2) is 52.7 Å². The highest BCUT2D eigenvalue weighted by Crippen LogP contribution is 2.50. The van der Waals surface area contributed by atoms with Gasteiger partial charge in [0.1, 0.15) is 34.7 Å². The maximum Gasteiger partial charge on any atom is 0.255 e.